The summed E-state index contributed by atoms with van der Waals surface area (Å²) in [5, 5.41) is 10.1. The Hall–Kier alpha value is -1.91. The van der Waals surface area contributed by atoms with Gasteiger partial charge in [-0.25, -0.2) is 4.39 Å². The first-order chi connectivity index (χ1) is 21.5. The van der Waals surface area contributed by atoms with Crippen molar-refractivity contribution in [3.8, 4) is 5.75 Å². The molecule has 0 bridgehead atoms. The van der Waals surface area contributed by atoms with E-state index in [2.05, 4.69) is 4.90 Å². The maximum atomic E-state index is 15.9. The van der Waals surface area contributed by atoms with Crippen molar-refractivity contribution >= 4 is 5.78 Å². The molecule has 3 nitrogen and oxygen atoms in total. The second kappa shape index (κ2) is 14.7. The number of benzene rings is 1. The molecule has 0 unspecified atom stereocenters. The van der Waals surface area contributed by atoms with Gasteiger partial charge in [0.1, 0.15) is 17.7 Å². The van der Waals surface area contributed by atoms with Gasteiger partial charge in [0.2, 0.25) is 0 Å². The fourth-order valence-corrected chi connectivity index (χ4v) is 8.71. The Bertz CT molecular complexity index is 1170. The van der Waals surface area contributed by atoms with Gasteiger partial charge in [0.15, 0.2) is 0 Å². The number of carbonyl (C=O) groups is 1. The monoisotopic (exact) mass is 667 g/mol. The highest BCUT2D eigenvalue weighted by molar-refractivity contribution is 5.87. The predicted octanol–water partition coefficient (Wildman–Crippen LogP) is 10.0. The number of halogens is 8. The van der Waals surface area contributed by atoms with E-state index >= 15 is 4.39 Å². The van der Waals surface area contributed by atoms with E-state index in [0.717, 1.165) is 75.6 Å². The third kappa shape index (κ3) is 7.86. The van der Waals surface area contributed by atoms with Crippen LogP contribution in [-0.4, -0.2) is 60.1 Å². The zero-order chi connectivity index (χ0) is 33.9. The van der Waals surface area contributed by atoms with Crippen LogP contribution in [0.25, 0.3) is 0 Å². The van der Waals surface area contributed by atoms with E-state index in [-0.39, 0.29) is 54.5 Å². The molecule has 0 spiro atoms. The van der Waals surface area contributed by atoms with Gasteiger partial charge in [0.25, 0.3) is 0 Å². The molecule has 11 heteroatoms. The maximum Gasteiger partial charge on any atom is 0.459 e. The lowest BCUT2D eigenvalue weighted by Crippen LogP contribution is -2.51. The van der Waals surface area contributed by atoms with Gasteiger partial charge in [-0.3, -0.25) is 4.79 Å². The van der Waals surface area contributed by atoms with Crippen LogP contribution >= 0.6 is 0 Å². The smallest absolute Gasteiger partial charge is 0.459 e. The number of phenols is 1. The molecule has 6 atom stereocenters. The maximum absolute atomic E-state index is 15.9. The Balaban J connectivity index is 1.14. The lowest BCUT2D eigenvalue weighted by atomic mass is 9.51. The molecule has 3 aliphatic carbocycles. The summed E-state index contributed by atoms with van der Waals surface area (Å²) < 4.78 is 105. The molecule has 4 rings (SSSR count). The van der Waals surface area contributed by atoms with E-state index in [9.17, 15) is 40.6 Å². The second-order valence-corrected chi connectivity index (χ2v) is 14.5. The minimum absolute atomic E-state index is 0.122. The van der Waals surface area contributed by atoms with Crippen LogP contribution in [0.5, 0.6) is 5.75 Å². The van der Waals surface area contributed by atoms with E-state index in [1.54, 1.807) is 12.1 Å². The molecule has 0 heterocycles. The zero-order valence-corrected chi connectivity index (χ0v) is 27.0. The third-order valence-corrected chi connectivity index (χ3v) is 11.2. The Morgan fingerprint density at radius 3 is 2.17 bits per heavy atom. The predicted molar refractivity (Wildman–Crippen MR) is 161 cm³/mol. The minimum atomic E-state index is -6.27. The highest BCUT2D eigenvalue weighted by atomic mass is 19.4. The summed E-state index contributed by atoms with van der Waals surface area (Å²) in [7, 11) is 2.03. The van der Waals surface area contributed by atoms with Crippen LogP contribution in [0.2, 0.25) is 0 Å². The molecule has 46 heavy (non-hydrogen) atoms. The average Bonchev–Trinajstić information content (AvgIpc) is 3.26. The fourth-order valence-electron chi connectivity index (χ4n) is 8.71. The fraction of sp³-hybridized carbons (Fsp3) is 0.800. The van der Waals surface area contributed by atoms with Crippen molar-refractivity contribution in [1.82, 2.24) is 4.90 Å². The number of Topliss-reactive ketones (excluding diaryl/α,β-unsaturated/α-hetero) is 1. The number of alkyl halides is 8. The first kappa shape index (κ1) is 36.9. The Morgan fingerprint density at radius 2 is 1.52 bits per heavy atom. The van der Waals surface area contributed by atoms with Gasteiger partial charge in [-0.2, -0.15) is 30.7 Å². The first-order valence-corrected chi connectivity index (χ1v) is 17.0. The number of nitrogens with zero attached hydrogens (tertiary/aromatic N) is 1. The van der Waals surface area contributed by atoms with Gasteiger partial charge in [0, 0.05) is 24.2 Å². The summed E-state index contributed by atoms with van der Waals surface area (Å²) in [6.07, 6.45) is 0.250. The van der Waals surface area contributed by atoms with Crippen LogP contribution < -0.4 is 0 Å². The molecule has 1 aromatic carbocycles. The van der Waals surface area contributed by atoms with E-state index in [1.807, 2.05) is 20.0 Å². The first-order valence-electron chi connectivity index (χ1n) is 17.0. The highest BCUT2D eigenvalue weighted by Crippen LogP contribution is 2.62. The summed E-state index contributed by atoms with van der Waals surface area (Å²) in [5.41, 5.74) is 1.45. The number of carbonyl (C=O) groups excluding carboxylic acids is 1. The number of aromatic hydroxyl groups is 1. The number of ketones is 1. The number of hydrogen-bond donors (Lipinski definition) is 1. The van der Waals surface area contributed by atoms with Crippen LogP contribution in [0.3, 0.4) is 0 Å². The Morgan fingerprint density at radius 1 is 0.913 bits per heavy atom. The molecular weight excluding hydrogens is 618 g/mol. The highest BCUT2D eigenvalue weighted by Gasteiger charge is 2.72. The second-order valence-electron chi connectivity index (χ2n) is 14.5. The molecule has 0 saturated heterocycles. The standard InChI is InChI=1S/C35H49F8NO2/c1-32-22-28(36)31-26-14-13-25(45)21-24(26)20-23(30(31)27(32)15-16-29(32)46)12-8-7-11-19-44(2)18-10-6-4-3-5-9-17-33(37,38)34(39,40)35(41,42)43/h13-14,21,23,27-28,30-31,45H,3-12,15-20,22H2,1-2H3/t23-,27+,28+,30+,31+,32+/m1/s1. The van der Waals surface area contributed by atoms with Gasteiger partial charge in [0.05, 0.1) is 0 Å². The molecular formula is C35H49F8NO2. The molecule has 2 fully saturated rings. The molecule has 3 aliphatic rings. The SMILES string of the molecule is CN(CCCCCCCCC(F)(F)C(F)(F)C(F)(F)F)CCCCC[C@@H]1Cc2cc(O)ccc2[C@@H]2[C@@H]1[C@@H]1CCC(=O)[C@@]1(C)C[C@@H]2F. The number of hydrogen-bond acceptors (Lipinski definition) is 3. The normalized spacial score (nSPS) is 28.3. The summed E-state index contributed by atoms with van der Waals surface area (Å²) in [6.45, 7) is 3.72. The van der Waals surface area contributed by atoms with Gasteiger partial charge >= 0.3 is 18.0 Å². The van der Waals surface area contributed by atoms with Crippen LogP contribution in [0.15, 0.2) is 18.2 Å². The molecule has 2 saturated carbocycles. The molecule has 262 valence electrons. The topological polar surface area (TPSA) is 40.5 Å². The number of rotatable bonds is 16. The van der Waals surface area contributed by atoms with Crippen molar-refractivity contribution in [3.63, 3.8) is 0 Å². The Kier molecular flexibility index (Phi) is 11.8. The van der Waals surface area contributed by atoms with Gasteiger partial charge < -0.3 is 10.0 Å². The lowest BCUT2D eigenvalue weighted by Gasteiger charge is -2.53. The van der Waals surface area contributed by atoms with E-state index in [1.165, 1.54) is 0 Å². The molecule has 0 aliphatic heterocycles. The zero-order valence-electron chi connectivity index (χ0n) is 27.0. The van der Waals surface area contributed by atoms with Crippen LogP contribution in [0.1, 0.15) is 114 Å². The van der Waals surface area contributed by atoms with Crippen LogP contribution in [-0.2, 0) is 11.2 Å². The van der Waals surface area contributed by atoms with Crippen molar-refractivity contribution in [1.29, 1.82) is 0 Å². The minimum Gasteiger partial charge on any atom is -0.508 e. The largest absolute Gasteiger partial charge is 0.508 e. The number of unbranched alkanes of at least 4 members (excludes halogenated alkanes) is 7. The summed E-state index contributed by atoms with van der Waals surface area (Å²) in [5.74, 6) is -10.4. The van der Waals surface area contributed by atoms with Gasteiger partial charge in [-0.05, 0) is 106 Å². The number of phenolic OH excluding ortho intramolecular Hbond substituents is 1. The molecule has 1 N–H and O–H groups in total. The van der Waals surface area contributed by atoms with Crippen molar-refractivity contribution < 1.29 is 45.0 Å². The molecule has 0 aromatic heterocycles. The van der Waals surface area contributed by atoms with Crippen LogP contribution in [0.4, 0.5) is 35.1 Å². The van der Waals surface area contributed by atoms with E-state index in [0.29, 0.717) is 19.3 Å². The molecule has 1 aromatic rings. The van der Waals surface area contributed by atoms with Gasteiger partial charge in [-0.15, -0.1) is 0 Å². The quantitative estimate of drug-likeness (QED) is 0.141. The molecule has 0 amide bonds. The van der Waals surface area contributed by atoms with E-state index in [4.69, 9.17) is 0 Å². The van der Waals surface area contributed by atoms with Crippen molar-refractivity contribution in [2.24, 2.45) is 23.2 Å². The summed E-state index contributed by atoms with van der Waals surface area (Å²) in [4.78, 5) is 15.1. The third-order valence-electron chi connectivity index (χ3n) is 11.2. The average molecular weight is 668 g/mol. The van der Waals surface area contributed by atoms with Gasteiger partial charge in [-0.1, -0.05) is 51.5 Å². The van der Waals surface area contributed by atoms with Crippen molar-refractivity contribution in [3.05, 3.63) is 29.3 Å². The number of fused-ring (bicyclic) bond motifs is 5. The van der Waals surface area contributed by atoms with E-state index < -0.39 is 36.0 Å². The lowest BCUT2D eigenvalue weighted by molar-refractivity contribution is -0.355. The Labute approximate surface area is 267 Å². The molecule has 0 radical (unpaired) electrons. The van der Waals surface area contributed by atoms with Crippen molar-refractivity contribution in [2.45, 2.75) is 133 Å². The summed E-state index contributed by atoms with van der Waals surface area (Å²) >= 11 is 0. The van der Waals surface area contributed by atoms with Crippen molar-refractivity contribution in [2.75, 3.05) is 20.1 Å². The van der Waals surface area contributed by atoms with Crippen LogP contribution in [0, 0.1) is 23.2 Å². The summed E-state index contributed by atoms with van der Waals surface area (Å²) in [6, 6.07) is 5.31.